The first-order chi connectivity index (χ1) is 13.6. The highest BCUT2D eigenvalue weighted by Gasteiger charge is 2.15. The minimum absolute atomic E-state index is 0.0321. The Morgan fingerprint density at radius 3 is 2.79 bits per heavy atom. The molecule has 28 heavy (non-hydrogen) atoms. The largest absolute Gasteiger partial charge is 0.493 e. The van der Waals surface area contributed by atoms with E-state index in [-0.39, 0.29) is 24.5 Å². The van der Waals surface area contributed by atoms with Crippen molar-refractivity contribution >= 4 is 28.2 Å². The molecule has 0 spiro atoms. The van der Waals surface area contributed by atoms with Crippen LogP contribution in [0.3, 0.4) is 0 Å². The van der Waals surface area contributed by atoms with Gasteiger partial charge in [-0.3, -0.25) is 9.59 Å². The third-order valence-corrected chi connectivity index (χ3v) is 5.45. The molecule has 5 nitrogen and oxygen atoms in total. The summed E-state index contributed by atoms with van der Waals surface area (Å²) in [4.78, 5) is 28.9. The van der Waals surface area contributed by atoms with E-state index in [2.05, 4.69) is 16.4 Å². The normalized spacial score (nSPS) is 12.3. The summed E-state index contributed by atoms with van der Waals surface area (Å²) in [5.41, 5.74) is 4.76. The summed E-state index contributed by atoms with van der Waals surface area (Å²) in [5.74, 6) is 0.699. The van der Waals surface area contributed by atoms with Crippen LogP contribution in [-0.4, -0.2) is 23.3 Å². The highest BCUT2D eigenvalue weighted by atomic mass is 32.1. The van der Waals surface area contributed by atoms with Crippen molar-refractivity contribution in [3.63, 3.8) is 0 Å². The molecular formula is C22H20N2O3S. The molecule has 142 valence electrons. The first-order valence-electron chi connectivity index (χ1n) is 9.20. The van der Waals surface area contributed by atoms with Gasteiger partial charge in [-0.1, -0.05) is 29.8 Å². The molecule has 1 aromatic heterocycles. The molecule has 2 heterocycles. The van der Waals surface area contributed by atoms with Gasteiger partial charge in [-0.2, -0.15) is 0 Å². The molecule has 1 amide bonds. The van der Waals surface area contributed by atoms with Crippen LogP contribution in [0.25, 0.3) is 11.3 Å². The third-order valence-electron chi connectivity index (χ3n) is 4.69. The standard InChI is InChI=1S/C22H20N2O3S/c1-14-2-4-15(5-3-14)19(25)7-9-21(26)24-22-23-18(13-28-22)16-6-8-20-17(12-16)10-11-27-20/h2-6,8,12-13H,7,9-11H2,1H3,(H,23,24,26). The Labute approximate surface area is 167 Å². The summed E-state index contributed by atoms with van der Waals surface area (Å²) in [7, 11) is 0. The number of hydrogen-bond acceptors (Lipinski definition) is 5. The van der Waals surface area contributed by atoms with Crippen LogP contribution in [0.1, 0.15) is 34.3 Å². The zero-order chi connectivity index (χ0) is 19.5. The molecule has 3 aromatic rings. The molecule has 1 aliphatic rings. The molecule has 0 radical (unpaired) electrons. The average molecular weight is 392 g/mol. The number of nitrogens with zero attached hydrogens (tertiary/aromatic N) is 1. The van der Waals surface area contributed by atoms with E-state index >= 15 is 0 Å². The second kappa shape index (κ2) is 7.94. The molecule has 2 aromatic carbocycles. The number of rotatable bonds is 6. The molecule has 0 atom stereocenters. The Kier molecular flexibility index (Phi) is 5.21. The second-order valence-corrected chi connectivity index (χ2v) is 7.65. The number of ether oxygens (including phenoxy) is 1. The lowest BCUT2D eigenvalue weighted by Gasteiger charge is -2.03. The molecule has 1 aliphatic heterocycles. The molecule has 0 aliphatic carbocycles. The summed E-state index contributed by atoms with van der Waals surface area (Å²) in [6.07, 6.45) is 1.22. The lowest BCUT2D eigenvalue weighted by molar-refractivity contribution is -0.116. The number of nitrogens with one attached hydrogen (secondary N) is 1. The van der Waals surface area contributed by atoms with Crippen molar-refractivity contribution in [1.29, 1.82) is 0 Å². The van der Waals surface area contributed by atoms with E-state index in [4.69, 9.17) is 4.74 Å². The maximum atomic E-state index is 12.2. The Hall–Kier alpha value is -2.99. The average Bonchev–Trinajstić information content (AvgIpc) is 3.35. The number of fused-ring (bicyclic) bond motifs is 1. The van der Waals surface area contributed by atoms with Crippen molar-refractivity contribution in [3.05, 3.63) is 64.5 Å². The van der Waals surface area contributed by atoms with Gasteiger partial charge < -0.3 is 10.1 Å². The lowest BCUT2D eigenvalue weighted by Crippen LogP contribution is -2.13. The first kappa shape index (κ1) is 18.4. The molecule has 6 heteroatoms. The molecule has 0 unspecified atom stereocenters. The highest BCUT2D eigenvalue weighted by molar-refractivity contribution is 7.14. The molecule has 4 rings (SSSR count). The quantitative estimate of drug-likeness (QED) is 0.620. The number of aromatic nitrogens is 1. The monoisotopic (exact) mass is 392 g/mol. The molecule has 0 fully saturated rings. The van der Waals surface area contributed by atoms with Gasteiger partial charge in [0, 0.05) is 35.8 Å². The first-order valence-corrected chi connectivity index (χ1v) is 10.1. The summed E-state index contributed by atoms with van der Waals surface area (Å²) in [6.45, 7) is 2.69. The Balaban J connectivity index is 1.34. The zero-order valence-corrected chi connectivity index (χ0v) is 16.3. The van der Waals surface area contributed by atoms with Gasteiger partial charge in [0.15, 0.2) is 10.9 Å². The van der Waals surface area contributed by atoms with Crippen LogP contribution in [0.15, 0.2) is 47.8 Å². The van der Waals surface area contributed by atoms with E-state index in [1.807, 2.05) is 36.6 Å². The maximum Gasteiger partial charge on any atom is 0.226 e. The van der Waals surface area contributed by atoms with E-state index in [9.17, 15) is 9.59 Å². The number of carbonyl (C=O) groups excluding carboxylic acids is 2. The number of aryl methyl sites for hydroxylation is 1. The van der Waals surface area contributed by atoms with Gasteiger partial charge in [0.1, 0.15) is 5.75 Å². The number of hydrogen-bond donors (Lipinski definition) is 1. The fourth-order valence-electron chi connectivity index (χ4n) is 3.10. The van der Waals surface area contributed by atoms with Gasteiger partial charge >= 0.3 is 0 Å². The van der Waals surface area contributed by atoms with Gasteiger partial charge in [-0.15, -0.1) is 11.3 Å². The Bertz CT molecular complexity index is 1020. The number of Topliss-reactive ketones (excluding diaryl/α,β-unsaturated/α-hetero) is 1. The predicted octanol–water partition coefficient (Wildman–Crippen LogP) is 4.66. The van der Waals surface area contributed by atoms with Crippen LogP contribution < -0.4 is 10.1 Å². The highest BCUT2D eigenvalue weighted by Crippen LogP contribution is 2.32. The lowest BCUT2D eigenvalue weighted by atomic mass is 10.1. The van der Waals surface area contributed by atoms with E-state index in [1.165, 1.54) is 16.9 Å². The van der Waals surface area contributed by atoms with Crippen LogP contribution in [0.5, 0.6) is 5.75 Å². The van der Waals surface area contributed by atoms with E-state index in [1.54, 1.807) is 12.1 Å². The zero-order valence-electron chi connectivity index (χ0n) is 15.5. The minimum atomic E-state index is -0.205. The second-order valence-electron chi connectivity index (χ2n) is 6.80. The molecular weight excluding hydrogens is 372 g/mol. The van der Waals surface area contributed by atoms with Gasteiger partial charge in [0.2, 0.25) is 5.91 Å². The predicted molar refractivity (Wildman–Crippen MR) is 110 cm³/mol. The fraction of sp³-hybridized carbons (Fsp3) is 0.227. The summed E-state index contributed by atoms with van der Waals surface area (Å²) >= 11 is 1.38. The van der Waals surface area contributed by atoms with Crippen molar-refractivity contribution in [2.45, 2.75) is 26.2 Å². The van der Waals surface area contributed by atoms with E-state index in [0.29, 0.717) is 10.7 Å². The van der Waals surface area contributed by atoms with Crippen LogP contribution in [0, 0.1) is 6.92 Å². The van der Waals surface area contributed by atoms with Crippen molar-refractivity contribution < 1.29 is 14.3 Å². The van der Waals surface area contributed by atoms with Crippen LogP contribution in [-0.2, 0) is 11.2 Å². The smallest absolute Gasteiger partial charge is 0.226 e. The van der Waals surface area contributed by atoms with Crippen molar-refractivity contribution in [2.24, 2.45) is 0 Å². The minimum Gasteiger partial charge on any atom is -0.493 e. The number of benzene rings is 2. The Morgan fingerprint density at radius 2 is 1.96 bits per heavy atom. The van der Waals surface area contributed by atoms with Gasteiger partial charge in [-0.25, -0.2) is 4.98 Å². The van der Waals surface area contributed by atoms with Gasteiger partial charge in [0.25, 0.3) is 0 Å². The molecule has 0 saturated heterocycles. The number of carbonyl (C=O) groups is 2. The number of ketones is 1. The van der Waals surface area contributed by atoms with Crippen molar-refractivity contribution in [1.82, 2.24) is 4.98 Å². The summed E-state index contributed by atoms with van der Waals surface area (Å²) in [6, 6.07) is 13.4. The summed E-state index contributed by atoms with van der Waals surface area (Å²) in [5, 5.41) is 5.25. The molecule has 0 saturated carbocycles. The molecule has 1 N–H and O–H groups in total. The van der Waals surface area contributed by atoms with E-state index < -0.39 is 0 Å². The Morgan fingerprint density at radius 1 is 1.14 bits per heavy atom. The number of amides is 1. The maximum absolute atomic E-state index is 12.2. The van der Waals surface area contributed by atoms with Crippen molar-refractivity contribution in [3.8, 4) is 17.0 Å². The fourth-order valence-corrected chi connectivity index (χ4v) is 3.84. The topological polar surface area (TPSA) is 68.3 Å². The SMILES string of the molecule is Cc1ccc(C(=O)CCC(=O)Nc2nc(-c3ccc4c(c3)CCO4)cs2)cc1. The molecule has 0 bridgehead atoms. The van der Waals surface area contributed by atoms with Crippen LogP contribution in [0.2, 0.25) is 0 Å². The number of thiazole rings is 1. The van der Waals surface area contributed by atoms with Crippen molar-refractivity contribution in [2.75, 3.05) is 11.9 Å². The van der Waals surface area contributed by atoms with Crippen LogP contribution in [0.4, 0.5) is 5.13 Å². The third kappa shape index (κ3) is 4.12. The summed E-state index contributed by atoms with van der Waals surface area (Å²) < 4.78 is 5.53. The number of anilines is 1. The van der Waals surface area contributed by atoms with Gasteiger partial charge in [-0.05, 0) is 30.7 Å². The van der Waals surface area contributed by atoms with Gasteiger partial charge in [0.05, 0.1) is 12.3 Å². The van der Waals surface area contributed by atoms with E-state index in [0.717, 1.165) is 35.6 Å². The van der Waals surface area contributed by atoms with Crippen LogP contribution >= 0.6 is 11.3 Å².